The lowest BCUT2D eigenvalue weighted by molar-refractivity contribution is -0.870. The Labute approximate surface area is 153 Å². The number of aromatic nitrogens is 2. The highest BCUT2D eigenvalue weighted by Crippen LogP contribution is 2.30. The van der Waals surface area contributed by atoms with E-state index < -0.39 is 5.97 Å². The summed E-state index contributed by atoms with van der Waals surface area (Å²) in [4.78, 5) is 19.8. The number of hydrogen-bond donors (Lipinski definition) is 1. The standard InChI is InChI=1S/C20H24N3O3/c1-23(2,3)11-9-15-13-22-16-6-5-7-17(19(15)16)26-20(24)14-8-10-21-18(12-14)25-4/h5-8,10,12-13,22H,9,11H2,1-4H3/q+1. The number of rotatable bonds is 6. The second-order valence-electron chi connectivity index (χ2n) is 7.23. The number of carbonyl (C=O) groups excluding carboxylic acids is 1. The molecule has 6 nitrogen and oxygen atoms in total. The van der Waals surface area contributed by atoms with Crippen LogP contribution < -0.4 is 9.47 Å². The van der Waals surface area contributed by atoms with E-state index in [0.29, 0.717) is 17.2 Å². The molecule has 0 aliphatic heterocycles. The number of nitrogens with zero attached hydrogens (tertiary/aromatic N) is 2. The van der Waals surface area contributed by atoms with Crippen molar-refractivity contribution in [1.82, 2.24) is 9.97 Å². The van der Waals surface area contributed by atoms with Crippen molar-refractivity contribution in [2.45, 2.75) is 6.42 Å². The molecule has 0 unspecified atom stereocenters. The lowest BCUT2D eigenvalue weighted by atomic mass is 10.1. The van der Waals surface area contributed by atoms with Crippen LogP contribution in [0.5, 0.6) is 11.6 Å². The number of fused-ring (bicyclic) bond motifs is 1. The number of esters is 1. The number of H-pyrrole nitrogens is 1. The molecular weight excluding hydrogens is 330 g/mol. The number of hydrogen-bond acceptors (Lipinski definition) is 4. The molecule has 1 N–H and O–H groups in total. The maximum absolute atomic E-state index is 12.6. The molecule has 0 fully saturated rings. The van der Waals surface area contributed by atoms with Crippen molar-refractivity contribution in [3.8, 4) is 11.6 Å². The van der Waals surface area contributed by atoms with Gasteiger partial charge >= 0.3 is 5.97 Å². The van der Waals surface area contributed by atoms with Crippen LogP contribution in [0.2, 0.25) is 0 Å². The molecule has 0 saturated carbocycles. The lowest BCUT2D eigenvalue weighted by Gasteiger charge is -2.23. The molecule has 2 heterocycles. The summed E-state index contributed by atoms with van der Waals surface area (Å²) >= 11 is 0. The van der Waals surface area contributed by atoms with Crippen LogP contribution in [0.25, 0.3) is 10.9 Å². The second-order valence-corrected chi connectivity index (χ2v) is 7.23. The van der Waals surface area contributed by atoms with Crippen LogP contribution in [0.15, 0.2) is 42.7 Å². The monoisotopic (exact) mass is 354 g/mol. The van der Waals surface area contributed by atoms with Crippen LogP contribution in [-0.4, -0.2) is 55.2 Å². The van der Waals surface area contributed by atoms with E-state index in [1.165, 1.54) is 13.3 Å². The minimum absolute atomic E-state index is 0.378. The summed E-state index contributed by atoms with van der Waals surface area (Å²) < 4.78 is 11.6. The first-order chi connectivity index (χ1) is 12.4. The third kappa shape index (κ3) is 4.03. The highest BCUT2D eigenvalue weighted by atomic mass is 16.5. The molecule has 3 rings (SSSR count). The maximum atomic E-state index is 12.6. The van der Waals surface area contributed by atoms with E-state index in [-0.39, 0.29) is 0 Å². The summed E-state index contributed by atoms with van der Waals surface area (Å²) in [6, 6.07) is 8.86. The predicted molar refractivity (Wildman–Crippen MR) is 101 cm³/mol. The first-order valence-electron chi connectivity index (χ1n) is 8.49. The molecule has 0 saturated heterocycles. The summed E-state index contributed by atoms with van der Waals surface area (Å²) in [6.45, 7) is 0.983. The van der Waals surface area contributed by atoms with Gasteiger partial charge in [0.1, 0.15) is 5.75 Å². The summed E-state index contributed by atoms with van der Waals surface area (Å²) in [5.74, 6) is 0.501. The first-order valence-corrected chi connectivity index (χ1v) is 8.49. The Balaban J connectivity index is 1.89. The van der Waals surface area contributed by atoms with Crippen molar-refractivity contribution >= 4 is 16.9 Å². The van der Waals surface area contributed by atoms with Crippen molar-refractivity contribution in [3.63, 3.8) is 0 Å². The number of nitrogens with one attached hydrogen (secondary N) is 1. The summed E-state index contributed by atoms with van der Waals surface area (Å²) in [5, 5.41) is 0.954. The number of ether oxygens (including phenoxy) is 2. The highest BCUT2D eigenvalue weighted by molar-refractivity contribution is 5.96. The first kappa shape index (κ1) is 17.9. The van der Waals surface area contributed by atoms with E-state index in [0.717, 1.165) is 33.9 Å². The molecule has 136 valence electrons. The third-order valence-electron chi connectivity index (χ3n) is 4.18. The molecule has 0 atom stereocenters. The van der Waals surface area contributed by atoms with Gasteiger partial charge in [-0.05, 0) is 23.8 Å². The van der Waals surface area contributed by atoms with Crippen molar-refractivity contribution in [3.05, 3.63) is 53.9 Å². The minimum atomic E-state index is -0.433. The smallest absolute Gasteiger partial charge is 0.343 e. The van der Waals surface area contributed by atoms with E-state index in [1.807, 2.05) is 24.4 Å². The zero-order valence-electron chi connectivity index (χ0n) is 15.6. The molecule has 0 radical (unpaired) electrons. The number of carbonyl (C=O) groups is 1. The number of quaternary nitrogens is 1. The number of methoxy groups -OCH3 is 1. The van der Waals surface area contributed by atoms with Crippen molar-refractivity contribution < 1.29 is 18.8 Å². The van der Waals surface area contributed by atoms with E-state index in [2.05, 4.69) is 31.1 Å². The summed E-state index contributed by atoms with van der Waals surface area (Å²) in [7, 11) is 7.99. The predicted octanol–water partition coefficient (Wildman–Crippen LogP) is 3.04. The fourth-order valence-electron chi connectivity index (χ4n) is 2.76. The summed E-state index contributed by atoms with van der Waals surface area (Å²) in [5.41, 5.74) is 2.50. The van der Waals surface area contributed by atoms with Gasteiger partial charge in [-0.3, -0.25) is 0 Å². The minimum Gasteiger partial charge on any atom is -0.481 e. The Morgan fingerprint density at radius 1 is 1.23 bits per heavy atom. The molecule has 0 aliphatic rings. The van der Waals surface area contributed by atoms with Crippen LogP contribution >= 0.6 is 0 Å². The van der Waals surface area contributed by atoms with Gasteiger partial charge in [0.15, 0.2) is 0 Å². The fraction of sp³-hybridized carbons (Fsp3) is 0.300. The van der Waals surface area contributed by atoms with Crippen LogP contribution in [0, 0.1) is 0 Å². The average Bonchev–Trinajstić information content (AvgIpc) is 3.03. The Bertz CT molecular complexity index is 925. The van der Waals surface area contributed by atoms with Gasteiger partial charge in [0.2, 0.25) is 5.88 Å². The molecule has 6 heteroatoms. The average molecular weight is 354 g/mol. The summed E-state index contributed by atoms with van der Waals surface area (Å²) in [6.07, 6.45) is 4.41. The van der Waals surface area contributed by atoms with Crippen LogP contribution in [0.4, 0.5) is 0 Å². The van der Waals surface area contributed by atoms with Gasteiger partial charge in [0.05, 0.1) is 40.4 Å². The lowest BCUT2D eigenvalue weighted by Crippen LogP contribution is -2.36. The molecule has 0 bridgehead atoms. The van der Waals surface area contributed by atoms with Gasteiger partial charge in [0, 0.05) is 35.8 Å². The molecule has 1 aromatic carbocycles. The van der Waals surface area contributed by atoms with Crippen LogP contribution in [0.3, 0.4) is 0 Å². The van der Waals surface area contributed by atoms with Crippen molar-refractivity contribution in [2.24, 2.45) is 0 Å². The molecule has 0 aliphatic carbocycles. The van der Waals surface area contributed by atoms with E-state index in [1.54, 1.807) is 12.1 Å². The molecule has 0 spiro atoms. The largest absolute Gasteiger partial charge is 0.481 e. The van der Waals surface area contributed by atoms with Gasteiger partial charge < -0.3 is 18.9 Å². The zero-order chi connectivity index (χ0) is 18.7. The molecular formula is C20H24N3O3+. The number of likely N-dealkylation sites (N-methyl/N-ethyl adjacent to an activating group) is 1. The molecule has 2 aromatic heterocycles. The topological polar surface area (TPSA) is 64.2 Å². The van der Waals surface area contributed by atoms with Gasteiger partial charge in [-0.2, -0.15) is 0 Å². The number of pyridine rings is 1. The van der Waals surface area contributed by atoms with E-state index >= 15 is 0 Å². The SMILES string of the molecule is COc1cc(C(=O)Oc2cccc3[nH]cc(CC[N+](C)(C)C)c23)ccn1. The quantitative estimate of drug-likeness (QED) is 0.420. The van der Waals surface area contributed by atoms with Gasteiger partial charge in [-0.15, -0.1) is 0 Å². The molecule has 0 amide bonds. The van der Waals surface area contributed by atoms with Crippen molar-refractivity contribution in [1.29, 1.82) is 0 Å². The van der Waals surface area contributed by atoms with E-state index in [9.17, 15) is 4.79 Å². The number of aromatic amines is 1. The van der Waals surface area contributed by atoms with Gasteiger partial charge in [-0.25, -0.2) is 9.78 Å². The molecule has 26 heavy (non-hydrogen) atoms. The van der Waals surface area contributed by atoms with Crippen molar-refractivity contribution in [2.75, 3.05) is 34.8 Å². The fourth-order valence-corrected chi connectivity index (χ4v) is 2.76. The van der Waals surface area contributed by atoms with Gasteiger partial charge in [0.25, 0.3) is 0 Å². The second kappa shape index (κ2) is 7.17. The number of benzene rings is 1. The Hall–Kier alpha value is -2.86. The van der Waals surface area contributed by atoms with Crippen LogP contribution in [-0.2, 0) is 6.42 Å². The molecule has 3 aromatic rings. The van der Waals surface area contributed by atoms with Crippen LogP contribution in [0.1, 0.15) is 15.9 Å². The maximum Gasteiger partial charge on any atom is 0.343 e. The Morgan fingerprint density at radius 2 is 2.04 bits per heavy atom. The third-order valence-corrected chi connectivity index (χ3v) is 4.18. The highest BCUT2D eigenvalue weighted by Gasteiger charge is 2.17. The Kier molecular flexibility index (Phi) is 4.95. The van der Waals surface area contributed by atoms with E-state index in [4.69, 9.17) is 9.47 Å². The Morgan fingerprint density at radius 3 is 2.77 bits per heavy atom. The van der Waals surface area contributed by atoms with Gasteiger partial charge in [-0.1, -0.05) is 6.07 Å². The zero-order valence-corrected chi connectivity index (χ0v) is 15.6. The normalized spacial score (nSPS) is 11.5.